The fraction of sp³-hybridized carbons (Fsp3) is 0.0800. The zero-order chi connectivity index (χ0) is 26.7. The Balaban J connectivity index is 1.96. The first kappa shape index (κ1) is 25.6. The van der Waals surface area contributed by atoms with Crippen molar-refractivity contribution in [1.29, 1.82) is 0 Å². The van der Waals surface area contributed by atoms with Crippen LogP contribution in [-0.2, 0) is 6.18 Å². The third-order valence-corrected chi connectivity index (χ3v) is 5.34. The Morgan fingerprint density at radius 3 is 2.62 bits per heavy atom. The van der Waals surface area contributed by atoms with Gasteiger partial charge in [0.25, 0.3) is 5.56 Å². The monoisotopic (exact) mass is 528 g/mol. The number of nitro groups is 1. The van der Waals surface area contributed by atoms with Gasteiger partial charge in [-0.15, -0.1) is 0 Å². The number of ether oxygens (including phenoxy) is 1. The van der Waals surface area contributed by atoms with Crippen molar-refractivity contribution >= 4 is 34.4 Å². The quantitative estimate of drug-likeness (QED) is 0.125. The van der Waals surface area contributed by atoms with E-state index in [0.717, 1.165) is 29.1 Å². The lowest BCUT2D eigenvalue weighted by molar-refractivity contribution is -0.385. The fourth-order valence-electron chi connectivity index (χ4n) is 3.50. The van der Waals surface area contributed by atoms with Crippen molar-refractivity contribution < 1.29 is 22.8 Å². The first-order valence-electron chi connectivity index (χ1n) is 10.6. The van der Waals surface area contributed by atoms with Crippen LogP contribution in [0.5, 0.6) is 5.75 Å². The lowest BCUT2D eigenvalue weighted by Crippen LogP contribution is -2.20. The number of hydrogen-bond donors (Lipinski definition) is 0. The molecule has 12 heteroatoms. The predicted molar refractivity (Wildman–Crippen MR) is 133 cm³/mol. The molecule has 0 bridgehead atoms. The largest absolute Gasteiger partial charge is 0.482 e. The summed E-state index contributed by atoms with van der Waals surface area (Å²) in [6, 6.07) is 13.0. The van der Waals surface area contributed by atoms with Gasteiger partial charge in [-0.05, 0) is 30.3 Å². The van der Waals surface area contributed by atoms with E-state index in [-0.39, 0.29) is 45.2 Å². The van der Waals surface area contributed by atoms with E-state index in [1.54, 1.807) is 18.2 Å². The molecule has 0 spiro atoms. The molecule has 1 heterocycles. The fourth-order valence-corrected chi connectivity index (χ4v) is 3.72. The summed E-state index contributed by atoms with van der Waals surface area (Å²) in [7, 11) is 0. The van der Waals surface area contributed by atoms with Crippen LogP contribution in [0.4, 0.5) is 18.9 Å². The Morgan fingerprint density at radius 1 is 1.16 bits per heavy atom. The number of para-hydroxylation sites is 1. The van der Waals surface area contributed by atoms with Crippen LogP contribution >= 0.6 is 11.6 Å². The zero-order valence-electron chi connectivity index (χ0n) is 18.8. The molecule has 0 saturated carbocycles. The Kier molecular flexibility index (Phi) is 7.07. The third-order valence-electron chi connectivity index (χ3n) is 5.12. The molecule has 37 heavy (non-hydrogen) atoms. The average Bonchev–Trinajstić information content (AvgIpc) is 2.86. The minimum atomic E-state index is -4.63. The second-order valence-corrected chi connectivity index (χ2v) is 8.03. The number of benzene rings is 3. The molecule has 0 N–H and O–H groups in total. The number of nitrogens with zero attached hydrogens (tertiary/aromatic N) is 4. The maximum Gasteiger partial charge on any atom is 0.416 e. The molecule has 0 radical (unpaired) electrons. The number of rotatable bonds is 7. The van der Waals surface area contributed by atoms with Gasteiger partial charge in [0.15, 0.2) is 5.82 Å². The zero-order valence-corrected chi connectivity index (χ0v) is 19.5. The Labute approximate surface area is 212 Å². The molecule has 0 unspecified atom stereocenters. The van der Waals surface area contributed by atoms with E-state index in [4.69, 9.17) is 16.3 Å². The third kappa shape index (κ3) is 5.36. The summed E-state index contributed by atoms with van der Waals surface area (Å²) in [5, 5.41) is 15.9. The Hall–Kier alpha value is -4.51. The predicted octanol–water partition coefficient (Wildman–Crippen LogP) is 6.09. The van der Waals surface area contributed by atoms with Crippen molar-refractivity contribution in [2.24, 2.45) is 5.10 Å². The minimum absolute atomic E-state index is 0.00110. The van der Waals surface area contributed by atoms with Crippen LogP contribution in [0.15, 0.2) is 83.2 Å². The van der Waals surface area contributed by atoms with Gasteiger partial charge < -0.3 is 4.74 Å². The number of fused-ring (bicyclic) bond motifs is 1. The first-order chi connectivity index (χ1) is 17.6. The highest BCUT2D eigenvalue weighted by atomic mass is 35.5. The molecule has 1 aromatic heterocycles. The van der Waals surface area contributed by atoms with E-state index >= 15 is 0 Å². The van der Waals surface area contributed by atoms with E-state index in [2.05, 4.69) is 16.7 Å². The Morgan fingerprint density at radius 2 is 1.92 bits per heavy atom. The van der Waals surface area contributed by atoms with Crippen LogP contribution < -0.4 is 10.3 Å². The molecular formula is C25H16ClF3N4O4. The van der Waals surface area contributed by atoms with Gasteiger partial charge >= 0.3 is 11.9 Å². The molecule has 0 aliphatic carbocycles. The molecular weight excluding hydrogens is 513 g/mol. The number of halogens is 4. The molecule has 0 saturated heterocycles. The summed E-state index contributed by atoms with van der Waals surface area (Å²) < 4.78 is 46.4. The molecule has 0 fully saturated rings. The summed E-state index contributed by atoms with van der Waals surface area (Å²) in [4.78, 5) is 28.6. The van der Waals surface area contributed by atoms with Crippen LogP contribution in [0.2, 0.25) is 5.02 Å². The van der Waals surface area contributed by atoms with Gasteiger partial charge in [0.05, 0.1) is 27.6 Å². The lowest BCUT2D eigenvalue weighted by Gasteiger charge is -2.12. The molecule has 0 aliphatic rings. The van der Waals surface area contributed by atoms with Crippen molar-refractivity contribution in [3.8, 4) is 17.1 Å². The van der Waals surface area contributed by atoms with Crippen LogP contribution in [0.3, 0.4) is 0 Å². The van der Waals surface area contributed by atoms with E-state index in [1.165, 1.54) is 30.3 Å². The highest BCUT2D eigenvalue weighted by molar-refractivity contribution is 6.31. The maximum absolute atomic E-state index is 13.4. The van der Waals surface area contributed by atoms with E-state index in [0.29, 0.717) is 0 Å². The van der Waals surface area contributed by atoms with Gasteiger partial charge in [-0.2, -0.15) is 22.9 Å². The number of hydrogen-bond acceptors (Lipinski definition) is 6. The highest BCUT2D eigenvalue weighted by Crippen LogP contribution is 2.34. The topological polar surface area (TPSA) is 99.6 Å². The molecule has 4 rings (SSSR count). The van der Waals surface area contributed by atoms with Gasteiger partial charge in [0, 0.05) is 22.2 Å². The summed E-state index contributed by atoms with van der Waals surface area (Å²) >= 11 is 6.05. The molecule has 4 aromatic rings. The van der Waals surface area contributed by atoms with Crippen molar-refractivity contribution in [3.63, 3.8) is 0 Å². The maximum atomic E-state index is 13.4. The van der Waals surface area contributed by atoms with E-state index in [1.807, 2.05) is 0 Å². The number of alkyl halides is 3. The normalized spacial score (nSPS) is 11.7. The van der Waals surface area contributed by atoms with Crippen LogP contribution in [0.25, 0.3) is 22.3 Å². The molecule has 188 valence electrons. The van der Waals surface area contributed by atoms with Crippen LogP contribution in [0.1, 0.15) is 11.1 Å². The van der Waals surface area contributed by atoms with Gasteiger partial charge in [0.2, 0.25) is 5.75 Å². The SMILES string of the molecule is C=CCOc1c(C=Nn2c(-c3cccc(C(F)(F)F)c3)nc3ccccc3c2=O)cc(Cl)cc1[N+](=O)[O-]. The van der Waals surface area contributed by atoms with Gasteiger partial charge in [-0.3, -0.25) is 14.9 Å². The van der Waals surface area contributed by atoms with Gasteiger partial charge in [-0.25, -0.2) is 4.98 Å². The molecule has 3 aromatic carbocycles. The lowest BCUT2D eigenvalue weighted by atomic mass is 10.1. The highest BCUT2D eigenvalue weighted by Gasteiger charge is 2.31. The molecule has 8 nitrogen and oxygen atoms in total. The number of nitro benzene ring substituents is 1. The number of aromatic nitrogens is 2. The van der Waals surface area contributed by atoms with Crippen LogP contribution in [-0.4, -0.2) is 27.4 Å². The van der Waals surface area contributed by atoms with Gasteiger partial charge in [0.1, 0.15) is 6.61 Å². The van der Waals surface area contributed by atoms with E-state index < -0.39 is 27.9 Å². The average molecular weight is 529 g/mol. The summed E-state index contributed by atoms with van der Waals surface area (Å²) in [5.41, 5.74) is -1.77. The first-order valence-corrected chi connectivity index (χ1v) is 10.9. The van der Waals surface area contributed by atoms with Crippen molar-refractivity contribution in [1.82, 2.24) is 9.66 Å². The second kappa shape index (κ2) is 10.2. The standard InChI is InChI=1S/C25H16ClF3N4O4/c1-2-10-37-22-16(12-18(26)13-21(22)33(35)36)14-30-32-23(15-6-5-7-17(11-15)25(27,28)29)31-20-9-4-3-8-19(20)24(32)34/h2-9,11-14H,1,10H2. The summed E-state index contributed by atoms with van der Waals surface area (Å²) in [6.45, 7) is 3.44. The smallest absolute Gasteiger partial charge is 0.416 e. The molecule has 0 amide bonds. The van der Waals surface area contributed by atoms with Crippen molar-refractivity contribution in [2.45, 2.75) is 6.18 Å². The molecule has 0 aliphatic heterocycles. The van der Waals surface area contributed by atoms with Crippen LogP contribution in [0, 0.1) is 10.1 Å². The van der Waals surface area contributed by atoms with Gasteiger partial charge in [-0.1, -0.05) is 48.5 Å². The van der Waals surface area contributed by atoms with E-state index in [9.17, 15) is 28.1 Å². The van der Waals surface area contributed by atoms with Crippen molar-refractivity contribution in [3.05, 3.63) is 110 Å². The Bertz CT molecular complexity index is 1620. The second-order valence-electron chi connectivity index (χ2n) is 7.59. The minimum Gasteiger partial charge on any atom is -0.482 e. The summed E-state index contributed by atoms with van der Waals surface area (Å²) in [6.07, 6.45) is -2.16. The summed E-state index contributed by atoms with van der Waals surface area (Å²) in [5.74, 6) is -0.350. The molecule has 0 atom stereocenters. The van der Waals surface area contributed by atoms with Crippen molar-refractivity contribution in [2.75, 3.05) is 6.61 Å².